The third kappa shape index (κ3) is 25.6. The number of methoxy groups -OCH3 is 7. The number of carbonyl (C=O) groups is 8. The van der Waals surface area contributed by atoms with E-state index in [0.717, 1.165) is 29.0 Å². The lowest BCUT2D eigenvalue weighted by atomic mass is 9.85. The third-order valence-electron chi connectivity index (χ3n) is 13.1. The Morgan fingerprint density at radius 3 is 1.13 bits per heavy atom. The van der Waals surface area contributed by atoms with E-state index in [1.807, 2.05) is 39.5 Å². The van der Waals surface area contributed by atoms with Crippen molar-refractivity contribution in [3.8, 4) is 11.5 Å². The van der Waals surface area contributed by atoms with Crippen LogP contribution in [0.5, 0.6) is 11.5 Å². The second-order valence-corrected chi connectivity index (χ2v) is 21.2. The van der Waals surface area contributed by atoms with Crippen molar-refractivity contribution in [2.75, 3.05) is 157 Å². The molecule has 4 saturated heterocycles. The number of aryl methyl sites for hydroxylation is 1. The van der Waals surface area contributed by atoms with Crippen LogP contribution in [-0.4, -0.2) is 289 Å². The standard InChI is InChI=1S/C12H24N4O6.C12H18O3.C9H17N3O3.C9H12O3.C8H14N2O3.C7H12N2O4/c1-19-7-13-5-14(8-20-2)12(18)16(10-22-4)6-15(9-21-3)11(13)17;1-12(2,3)10-4-8(6-13)11(15)9(5-10)7-14;1-4-10-5-11(7-15-3)9(14)12(6-10)8(2)13;1-6-2-7(4-10)9(12)8(3-6)5-11;1-7(11)10-5-3-4-9(6-13-2)8(10)12;1-6(10)9-5-13-4-8(3-12-2)7(9)11/h5-10H2,1-4H3;4-5,13-15H,6-7H2,1-3H3;4-7H2,1-3H3;2-3,10-12H,4-5H2,1H3;3-6H2,1-2H3;3-5H2,1-2H3. The molecule has 0 aliphatic carbocycles. The van der Waals surface area contributed by atoms with Crippen molar-refractivity contribution in [3.05, 3.63) is 57.6 Å². The SMILES string of the molecule is CC(C)(C)c1cc(CO)c(O)c(CO)c1.CCN1CN(COC)C(=O)N(C(C)=O)C1.COCN1CCCN(C(C)=O)C1=O.COCN1CN(COC)C(=O)N(COC)CN(COC)C1=O.COCN1COCN(C(C)=O)C1=O.Cc1cc(CO)c(O)c(CO)c1. The fraction of sp³-hybridized carbons (Fsp3) is 0.649. The van der Waals surface area contributed by atoms with Gasteiger partial charge in [0, 0.05) is 106 Å². The predicted molar refractivity (Wildman–Crippen MR) is 321 cm³/mol. The van der Waals surface area contributed by atoms with E-state index in [1.54, 1.807) is 24.3 Å². The van der Waals surface area contributed by atoms with Gasteiger partial charge in [-0.25, -0.2) is 28.9 Å². The van der Waals surface area contributed by atoms with Crippen molar-refractivity contribution in [1.29, 1.82) is 0 Å². The van der Waals surface area contributed by atoms with Crippen LogP contribution < -0.4 is 0 Å². The number of nitrogens with zero attached hydrogens (tertiary/aromatic N) is 11. The number of urea groups is 5. The van der Waals surface area contributed by atoms with Crippen LogP contribution in [0, 0.1) is 6.92 Å². The first-order valence-corrected chi connectivity index (χ1v) is 28.2. The number of hydrogen-bond donors (Lipinski definition) is 6. The molecular weight excluding hydrogens is 1190 g/mol. The molecule has 512 valence electrons. The number of aliphatic hydroxyl groups is 4. The lowest BCUT2D eigenvalue weighted by Gasteiger charge is -2.40. The zero-order valence-corrected chi connectivity index (χ0v) is 54.8. The van der Waals surface area contributed by atoms with Crippen LogP contribution >= 0.6 is 0 Å². The Labute approximate surface area is 526 Å². The number of aliphatic hydroxyl groups excluding tert-OH is 4. The van der Waals surface area contributed by atoms with Gasteiger partial charge in [0.25, 0.3) is 0 Å². The van der Waals surface area contributed by atoms with Gasteiger partial charge in [-0.15, -0.1) is 0 Å². The van der Waals surface area contributed by atoms with E-state index in [-0.39, 0.29) is 165 Å². The van der Waals surface area contributed by atoms with Gasteiger partial charge in [-0.1, -0.05) is 45.4 Å². The third-order valence-corrected chi connectivity index (χ3v) is 13.1. The van der Waals surface area contributed by atoms with Gasteiger partial charge in [0.2, 0.25) is 17.7 Å². The van der Waals surface area contributed by atoms with E-state index in [0.29, 0.717) is 48.7 Å². The maximum absolute atomic E-state index is 12.5. The summed E-state index contributed by atoms with van der Waals surface area (Å²) in [7, 11) is 10.4. The summed E-state index contributed by atoms with van der Waals surface area (Å²) in [6.45, 7) is 17.1. The molecule has 90 heavy (non-hydrogen) atoms. The molecule has 0 radical (unpaired) electrons. The van der Waals surface area contributed by atoms with Crippen molar-refractivity contribution < 1.29 is 107 Å². The summed E-state index contributed by atoms with van der Waals surface area (Å²) in [4.78, 5) is 108. The summed E-state index contributed by atoms with van der Waals surface area (Å²) in [5.41, 5.74) is 3.69. The van der Waals surface area contributed by atoms with Gasteiger partial charge in [0.15, 0.2) is 0 Å². The molecule has 4 aliphatic rings. The van der Waals surface area contributed by atoms with E-state index in [4.69, 9.17) is 58.3 Å². The molecule has 2 aromatic carbocycles. The number of aromatic hydroxyl groups is 2. The summed E-state index contributed by atoms with van der Waals surface area (Å²) in [6, 6.07) is 5.40. The smallest absolute Gasteiger partial charge is 0.332 e. The Morgan fingerprint density at radius 1 is 0.456 bits per heavy atom. The second-order valence-electron chi connectivity index (χ2n) is 21.2. The first-order chi connectivity index (χ1) is 42.6. The van der Waals surface area contributed by atoms with Crippen LogP contribution in [0.15, 0.2) is 24.3 Å². The van der Waals surface area contributed by atoms with Crippen molar-refractivity contribution in [1.82, 2.24) is 53.9 Å². The summed E-state index contributed by atoms with van der Waals surface area (Å²) >= 11 is 0. The minimum Gasteiger partial charge on any atom is -0.507 e. The molecule has 2 aromatic rings. The molecule has 33 heteroatoms. The number of phenols is 2. The van der Waals surface area contributed by atoms with Crippen LogP contribution in [0.3, 0.4) is 0 Å². The van der Waals surface area contributed by atoms with Gasteiger partial charge < -0.3 is 73.4 Å². The molecule has 0 saturated carbocycles. The van der Waals surface area contributed by atoms with Crippen molar-refractivity contribution in [2.24, 2.45) is 0 Å². The van der Waals surface area contributed by atoms with Crippen molar-refractivity contribution >= 4 is 47.9 Å². The number of rotatable bonds is 19. The van der Waals surface area contributed by atoms with Gasteiger partial charge >= 0.3 is 30.2 Å². The lowest BCUT2D eigenvalue weighted by Crippen LogP contribution is -2.60. The largest absolute Gasteiger partial charge is 0.507 e. The molecule has 0 aromatic heterocycles. The Kier molecular flexibility index (Phi) is 37.8. The first-order valence-electron chi connectivity index (χ1n) is 28.2. The highest BCUT2D eigenvalue weighted by Gasteiger charge is 2.35. The van der Waals surface area contributed by atoms with Crippen molar-refractivity contribution in [3.63, 3.8) is 0 Å². The van der Waals surface area contributed by atoms with E-state index in [9.17, 15) is 48.6 Å². The van der Waals surface area contributed by atoms with Crippen LogP contribution in [0.25, 0.3) is 0 Å². The van der Waals surface area contributed by atoms with Crippen LogP contribution in [-0.2, 0) is 84.1 Å². The van der Waals surface area contributed by atoms with Gasteiger partial charge in [-0.3, -0.25) is 58.5 Å². The maximum atomic E-state index is 12.5. The molecule has 0 bridgehead atoms. The molecule has 0 atom stereocenters. The Hall–Kier alpha value is -7.12. The highest BCUT2D eigenvalue weighted by molar-refractivity contribution is 5.94. The summed E-state index contributed by atoms with van der Waals surface area (Å²) < 4.78 is 39.7. The summed E-state index contributed by atoms with van der Waals surface area (Å²) in [5.74, 6) is -0.783. The van der Waals surface area contributed by atoms with Crippen LogP contribution in [0.1, 0.15) is 88.3 Å². The highest BCUT2D eigenvalue weighted by Crippen LogP contribution is 2.31. The molecular formula is C57H97N11O22. The average Bonchev–Trinajstić information content (AvgIpc) is 2.54. The average molecular weight is 1290 g/mol. The number of benzene rings is 2. The van der Waals surface area contributed by atoms with Gasteiger partial charge in [0.05, 0.1) is 39.8 Å². The molecule has 0 spiro atoms. The number of hydrogen-bond acceptors (Lipinski definition) is 23. The van der Waals surface area contributed by atoms with Gasteiger partial charge in [-0.2, -0.15) is 0 Å². The normalized spacial score (nSPS) is 15.7. The molecule has 6 rings (SSSR count). The van der Waals surface area contributed by atoms with E-state index in [2.05, 4.69) is 0 Å². The quantitative estimate of drug-likeness (QED) is 0.117. The molecule has 0 unspecified atom stereocenters. The fourth-order valence-corrected chi connectivity index (χ4v) is 8.48. The lowest BCUT2D eigenvalue weighted by molar-refractivity contribution is -0.140. The Balaban J connectivity index is 0.000000547. The van der Waals surface area contributed by atoms with Gasteiger partial charge in [-0.05, 0) is 43.0 Å². The molecule has 4 aliphatic heterocycles. The predicted octanol–water partition coefficient (Wildman–Crippen LogP) is 2.32. The second kappa shape index (κ2) is 42.0. The maximum Gasteiger partial charge on any atom is 0.332 e. The zero-order chi connectivity index (χ0) is 68.4. The van der Waals surface area contributed by atoms with Crippen molar-refractivity contribution in [2.45, 2.75) is 93.7 Å². The summed E-state index contributed by atoms with van der Waals surface area (Å²) in [5, 5.41) is 54.9. The summed E-state index contributed by atoms with van der Waals surface area (Å²) in [6.07, 6.45) is 0.814. The number of ether oxygens (including phenoxy) is 8. The topological polar surface area (TPSA) is 367 Å². The van der Waals surface area contributed by atoms with Crippen LogP contribution in [0.2, 0.25) is 0 Å². The monoisotopic (exact) mass is 1290 g/mol. The van der Waals surface area contributed by atoms with E-state index >= 15 is 0 Å². The first kappa shape index (κ1) is 80.9. The van der Waals surface area contributed by atoms with E-state index in [1.165, 1.54) is 115 Å². The highest BCUT2D eigenvalue weighted by atomic mass is 16.5. The molecule has 4 fully saturated rings. The van der Waals surface area contributed by atoms with Crippen LogP contribution in [0.4, 0.5) is 24.0 Å². The minimum absolute atomic E-state index is 0.00648. The van der Waals surface area contributed by atoms with E-state index < -0.39 is 0 Å². The Morgan fingerprint density at radius 2 is 0.789 bits per heavy atom. The molecule has 33 nitrogen and oxygen atoms in total. The van der Waals surface area contributed by atoms with Gasteiger partial charge in [0.1, 0.15) is 85.4 Å². The fourth-order valence-electron chi connectivity index (χ4n) is 8.48. The zero-order valence-electron chi connectivity index (χ0n) is 54.8. The number of amides is 13. The molecule has 4 heterocycles. The number of imide groups is 3. The molecule has 13 amide bonds. The Bertz CT molecular complexity index is 2420. The molecule has 6 N–H and O–H groups in total. The number of carbonyl (C=O) groups excluding carboxylic acids is 8. The minimum atomic E-state index is -0.374.